The number of rotatable bonds is 3. The third-order valence-electron chi connectivity index (χ3n) is 3.13. The molecule has 19 heavy (non-hydrogen) atoms. The first-order valence-electron chi connectivity index (χ1n) is 6.41. The highest BCUT2D eigenvalue weighted by atomic mass is 16.3. The Labute approximate surface area is 112 Å². The fourth-order valence-corrected chi connectivity index (χ4v) is 2.28. The number of aromatic nitrogens is 1. The molecule has 0 aliphatic rings. The first-order valence-corrected chi connectivity index (χ1v) is 6.41. The lowest BCUT2D eigenvalue weighted by atomic mass is 10.1. The van der Waals surface area contributed by atoms with Crippen LogP contribution >= 0.6 is 0 Å². The second-order valence-electron chi connectivity index (χ2n) is 4.85. The van der Waals surface area contributed by atoms with E-state index in [1.807, 2.05) is 37.4 Å². The quantitative estimate of drug-likeness (QED) is 0.777. The number of benzene rings is 1. The molecule has 2 aromatic heterocycles. The number of nitrogens with two attached hydrogens (primary N) is 1. The summed E-state index contributed by atoms with van der Waals surface area (Å²) in [5.74, 6) is 1.79. The molecule has 0 amide bonds. The Bertz CT molecular complexity index is 695. The van der Waals surface area contributed by atoms with E-state index in [1.165, 1.54) is 0 Å². The van der Waals surface area contributed by atoms with Gasteiger partial charge in [-0.25, -0.2) is 0 Å². The van der Waals surface area contributed by atoms with Crippen molar-refractivity contribution in [2.24, 2.45) is 5.73 Å². The zero-order valence-electron chi connectivity index (χ0n) is 10.8. The fourth-order valence-electron chi connectivity index (χ4n) is 2.28. The summed E-state index contributed by atoms with van der Waals surface area (Å²) in [6.07, 6.45) is 4.43. The van der Waals surface area contributed by atoms with Gasteiger partial charge >= 0.3 is 0 Å². The minimum atomic E-state index is 0.105. The highest BCUT2D eigenvalue weighted by molar-refractivity contribution is 5.94. The Hall–Kier alpha value is -2.13. The van der Waals surface area contributed by atoms with E-state index in [1.54, 1.807) is 6.20 Å². The summed E-state index contributed by atoms with van der Waals surface area (Å²) < 4.78 is 5.88. The van der Waals surface area contributed by atoms with Crippen LogP contribution in [0.25, 0.3) is 22.1 Å². The van der Waals surface area contributed by atoms with Gasteiger partial charge in [-0.2, -0.15) is 0 Å². The van der Waals surface area contributed by atoms with Gasteiger partial charge in [-0.15, -0.1) is 0 Å². The Balaban J connectivity index is 2.06. The van der Waals surface area contributed by atoms with E-state index in [9.17, 15) is 0 Å². The van der Waals surface area contributed by atoms with Gasteiger partial charge in [0.1, 0.15) is 11.5 Å². The molecule has 3 heteroatoms. The van der Waals surface area contributed by atoms with E-state index in [-0.39, 0.29) is 6.04 Å². The maximum Gasteiger partial charge on any atom is 0.134 e. The van der Waals surface area contributed by atoms with Crippen LogP contribution in [-0.2, 0) is 6.42 Å². The Morgan fingerprint density at radius 3 is 2.95 bits per heavy atom. The van der Waals surface area contributed by atoms with Crippen LogP contribution < -0.4 is 5.73 Å². The predicted octanol–water partition coefficient (Wildman–Crippen LogP) is 3.38. The van der Waals surface area contributed by atoms with E-state index in [0.717, 1.165) is 34.3 Å². The van der Waals surface area contributed by atoms with Crippen molar-refractivity contribution in [1.29, 1.82) is 0 Å². The molecule has 1 unspecified atom stereocenters. The van der Waals surface area contributed by atoms with Crippen LogP contribution in [0.3, 0.4) is 0 Å². The summed E-state index contributed by atoms with van der Waals surface area (Å²) in [7, 11) is 0. The Morgan fingerprint density at radius 2 is 2.11 bits per heavy atom. The van der Waals surface area contributed by atoms with Crippen LogP contribution in [0.5, 0.6) is 0 Å². The minimum Gasteiger partial charge on any atom is -0.461 e. The first kappa shape index (κ1) is 11.9. The topological polar surface area (TPSA) is 52.0 Å². The molecule has 3 rings (SSSR count). The average molecular weight is 252 g/mol. The molecule has 0 saturated heterocycles. The molecule has 0 saturated carbocycles. The number of pyridine rings is 1. The van der Waals surface area contributed by atoms with Crippen LogP contribution in [0.15, 0.2) is 53.2 Å². The summed E-state index contributed by atoms with van der Waals surface area (Å²) in [4.78, 5) is 4.19. The maximum atomic E-state index is 5.88. The van der Waals surface area contributed by atoms with Gasteiger partial charge < -0.3 is 10.2 Å². The third kappa shape index (κ3) is 2.37. The maximum absolute atomic E-state index is 5.88. The molecule has 96 valence electrons. The van der Waals surface area contributed by atoms with Crippen LogP contribution in [0, 0.1) is 0 Å². The van der Waals surface area contributed by atoms with E-state index in [0.29, 0.717) is 0 Å². The summed E-state index contributed by atoms with van der Waals surface area (Å²) >= 11 is 0. The van der Waals surface area contributed by atoms with E-state index >= 15 is 0 Å². The summed E-state index contributed by atoms with van der Waals surface area (Å²) in [6.45, 7) is 1.98. The van der Waals surface area contributed by atoms with Gasteiger partial charge in [-0.1, -0.05) is 18.2 Å². The highest BCUT2D eigenvalue weighted by Crippen LogP contribution is 2.29. The van der Waals surface area contributed by atoms with Crippen molar-refractivity contribution in [3.05, 3.63) is 54.6 Å². The zero-order valence-corrected chi connectivity index (χ0v) is 10.8. The molecule has 0 radical (unpaired) electrons. The van der Waals surface area contributed by atoms with Crippen LogP contribution in [0.1, 0.15) is 12.7 Å². The van der Waals surface area contributed by atoms with Gasteiger partial charge in [0.15, 0.2) is 0 Å². The molecule has 3 nitrogen and oxygen atoms in total. The van der Waals surface area contributed by atoms with Crippen molar-refractivity contribution in [1.82, 2.24) is 4.98 Å². The second kappa shape index (κ2) is 4.86. The van der Waals surface area contributed by atoms with Crippen molar-refractivity contribution in [2.75, 3.05) is 0 Å². The summed E-state index contributed by atoms with van der Waals surface area (Å²) in [6, 6.07) is 12.3. The molecule has 0 bridgehead atoms. The highest BCUT2D eigenvalue weighted by Gasteiger charge is 2.09. The SMILES string of the molecule is CC(N)Cc1ccc(-c2cccc3ccncc23)o1. The van der Waals surface area contributed by atoms with Gasteiger partial charge in [-0.05, 0) is 30.5 Å². The van der Waals surface area contributed by atoms with Crippen molar-refractivity contribution in [3.8, 4) is 11.3 Å². The lowest BCUT2D eigenvalue weighted by molar-refractivity contribution is 0.503. The van der Waals surface area contributed by atoms with Gasteiger partial charge in [0.25, 0.3) is 0 Å². The summed E-state index contributed by atoms with van der Waals surface area (Å²) in [5, 5.41) is 2.27. The molecular formula is C16H16N2O. The van der Waals surface area contributed by atoms with Gasteiger partial charge in [-0.3, -0.25) is 4.98 Å². The van der Waals surface area contributed by atoms with Gasteiger partial charge in [0.05, 0.1) is 0 Å². The molecule has 0 spiro atoms. The standard InChI is InChI=1S/C16H16N2O/c1-11(17)9-13-5-6-16(19-13)14-4-2-3-12-7-8-18-10-15(12)14/h2-8,10-11H,9,17H2,1H3. The smallest absolute Gasteiger partial charge is 0.134 e. The lowest BCUT2D eigenvalue weighted by Gasteiger charge is -2.04. The minimum absolute atomic E-state index is 0.105. The number of furan rings is 1. The molecule has 0 aliphatic carbocycles. The normalized spacial score (nSPS) is 12.7. The molecule has 2 heterocycles. The number of hydrogen-bond acceptors (Lipinski definition) is 3. The van der Waals surface area contributed by atoms with Crippen molar-refractivity contribution in [3.63, 3.8) is 0 Å². The molecular weight excluding hydrogens is 236 g/mol. The Morgan fingerprint density at radius 1 is 1.21 bits per heavy atom. The van der Waals surface area contributed by atoms with Crippen LogP contribution in [0.2, 0.25) is 0 Å². The van der Waals surface area contributed by atoms with Crippen LogP contribution in [0.4, 0.5) is 0 Å². The van der Waals surface area contributed by atoms with Crippen molar-refractivity contribution >= 4 is 10.8 Å². The monoisotopic (exact) mass is 252 g/mol. The molecule has 1 atom stereocenters. The number of hydrogen-bond donors (Lipinski definition) is 1. The third-order valence-corrected chi connectivity index (χ3v) is 3.13. The van der Waals surface area contributed by atoms with Crippen molar-refractivity contribution < 1.29 is 4.42 Å². The lowest BCUT2D eigenvalue weighted by Crippen LogP contribution is -2.17. The van der Waals surface area contributed by atoms with Gasteiger partial charge in [0.2, 0.25) is 0 Å². The zero-order chi connectivity index (χ0) is 13.2. The number of nitrogens with zero attached hydrogens (tertiary/aromatic N) is 1. The Kier molecular flexibility index (Phi) is 3.05. The largest absolute Gasteiger partial charge is 0.461 e. The van der Waals surface area contributed by atoms with Crippen molar-refractivity contribution in [2.45, 2.75) is 19.4 Å². The average Bonchev–Trinajstić information content (AvgIpc) is 2.85. The van der Waals surface area contributed by atoms with Crippen LogP contribution in [-0.4, -0.2) is 11.0 Å². The van der Waals surface area contributed by atoms with Gasteiger partial charge in [0, 0.05) is 35.8 Å². The molecule has 3 aromatic rings. The summed E-state index contributed by atoms with van der Waals surface area (Å²) in [5.41, 5.74) is 6.86. The molecule has 0 fully saturated rings. The first-order chi connectivity index (χ1) is 9.24. The fraction of sp³-hybridized carbons (Fsp3) is 0.188. The number of fused-ring (bicyclic) bond motifs is 1. The molecule has 2 N–H and O–H groups in total. The second-order valence-corrected chi connectivity index (χ2v) is 4.85. The van der Waals surface area contributed by atoms with E-state index in [2.05, 4.69) is 17.1 Å². The predicted molar refractivity (Wildman–Crippen MR) is 76.8 cm³/mol. The molecule has 0 aliphatic heterocycles. The van der Waals surface area contributed by atoms with E-state index in [4.69, 9.17) is 10.2 Å². The molecule has 1 aromatic carbocycles. The van der Waals surface area contributed by atoms with E-state index < -0.39 is 0 Å².